The maximum atomic E-state index is 6.25. The second-order valence-corrected chi connectivity index (χ2v) is 8.56. The first kappa shape index (κ1) is 24.5. The second kappa shape index (κ2) is 13.5. The summed E-state index contributed by atoms with van der Waals surface area (Å²) in [6.45, 7) is 12.6. The number of nitrogens with one attached hydrogen (secondary N) is 2. The van der Waals surface area contributed by atoms with Gasteiger partial charge in [-0.1, -0.05) is 26.0 Å². The van der Waals surface area contributed by atoms with Crippen molar-refractivity contribution in [1.82, 2.24) is 10.6 Å². The number of guanidine groups is 1. The summed E-state index contributed by atoms with van der Waals surface area (Å²) in [6.07, 6.45) is 4.55. The highest BCUT2D eigenvalue weighted by atomic mass is 16.5. The zero-order valence-corrected chi connectivity index (χ0v) is 19.5. The van der Waals surface area contributed by atoms with Crippen LogP contribution in [0.25, 0.3) is 0 Å². The highest BCUT2D eigenvalue weighted by molar-refractivity contribution is 5.79. The molecule has 30 heavy (non-hydrogen) atoms. The van der Waals surface area contributed by atoms with Crippen molar-refractivity contribution in [1.29, 1.82) is 0 Å². The van der Waals surface area contributed by atoms with Gasteiger partial charge in [0.2, 0.25) is 0 Å². The molecule has 2 rings (SSSR count). The third-order valence-electron chi connectivity index (χ3n) is 5.16. The van der Waals surface area contributed by atoms with Gasteiger partial charge in [-0.05, 0) is 57.1 Å². The third kappa shape index (κ3) is 9.35. The largest absolute Gasteiger partial charge is 0.490 e. The fraction of sp³-hybridized carbons (Fsp3) is 0.708. The van der Waals surface area contributed by atoms with Crippen molar-refractivity contribution in [2.75, 3.05) is 33.4 Å². The molecule has 0 saturated carbocycles. The summed E-state index contributed by atoms with van der Waals surface area (Å²) in [4.78, 5) is 4.33. The van der Waals surface area contributed by atoms with Gasteiger partial charge in [0, 0.05) is 45.5 Å². The molecule has 170 valence electrons. The Labute approximate surface area is 182 Å². The molecule has 0 aliphatic carbocycles. The minimum Gasteiger partial charge on any atom is -0.490 e. The van der Waals surface area contributed by atoms with E-state index >= 15 is 0 Å². The average Bonchev–Trinajstić information content (AvgIpc) is 2.71. The highest BCUT2D eigenvalue weighted by Gasteiger charge is 2.14. The summed E-state index contributed by atoms with van der Waals surface area (Å²) in [5.41, 5.74) is 2.35. The number of hydrogen-bond donors (Lipinski definition) is 2. The Kier molecular flexibility index (Phi) is 11.0. The van der Waals surface area contributed by atoms with Crippen LogP contribution in [0.4, 0.5) is 0 Å². The standard InChI is InChI=1S/C24H41N3O3/c1-18(2)15-20(4)30-23-16-19(3)7-8-21(23)17-27-24(25-5)26-11-6-12-29-22-9-13-28-14-10-22/h7-8,16,18,20,22H,6,9-15,17H2,1-5H3,(H2,25,26,27). The lowest BCUT2D eigenvalue weighted by Gasteiger charge is -2.22. The van der Waals surface area contributed by atoms with Crippen LogP contribution in [0, 0.1) is 12.8 Å². The lowest BCUT2D eigenvalue weighted by atomic mass is 10.1. The van der Waals surface area contributed by atoms with Crippen LogP contribution in [0.5, 0.6) is 5.75 Å². The molecule has 1 atom stereocenters. The van der Waals surface area contributed by atoms with Gasteiger partial charge in [0.1, 0.15) is 5.75 Å². The molecule has 6 nitrogen and oxygen atoms in total. The van der Waals surface area contributed by atoms with E-state index in [1.165, 1.54) is 5.56 Å². The monoisotopic (exact) mass is 419 g/mol. The maximum absolute atomic E-state index is 6.25. The molecular formula is C24H41N3O3. The van der Waals surface area contributed by atoms with E-state index in [-0.39, 0.29) is 6.10 Å². The number of benzene rings is 1. The molecule has 0 aromatic heterocycles. The summed E-state index contributed by atoms with van der Waals surface area (Å²) in [5.74, 6) is 2.36. The quantitative estimate of drug-likeness (QED) is 0.322. The fourth-order valence-electron chi connectivity index (χ4n) is 3.62. The first-order chi connectivity index (χ1) is 14.5. The van der Waals surface area contributed by atoms with E-state index in [1.54, 1.807) is 7.05 Å². The Bertz CT molecular complexity index is 643. The van der Waals surface area contributed by atoms with E-state index < -0.39 is 0 Å². The first-order valence-electron chi connectivity index (χ1n) is 11.4. The van der Waals surface area contributed by atoms with Crippen molar-refractivity contribution in [3.05, 3.63) is 29.3 Å². The van der Waals surface area contributed by atoms with Crippen molar-refractivity contribution in [2.24, 2.45) is 10.9 Å². The second-order valence-electron chi connectivity index (χ2n) is 8.56. The normalized spacial score (nSPS) is 16.5. The molecular weight excluding hydrogens is 378 g/mol. The molecule has 1 fully saturated rings. The number of aryl methyl sites for hydroxylation is 1. The summed E-state index contributed by atoms with van der Waals surface area (Å²) < 4.78 is 17.5. The summed E-state index contributed by atoms with van der Waals surface area (Å²) >= 11 is 0. The van der Waals surface area contributed by atoms with E-state index in [9.17, 15) is 0 Å². The van der Waals surface area contributed by atoms with E-state index in [4.69, 9.17) is 14.2 Å². The molecule has 1 saturated heterocycles. The Balaban J connectivity index is 1.75. The molecule has 2 N–H and O–H groups in total. The molecule has 1 unspecified atom stereocenters. The lowest BCUT2D eigenvalue weighted by molar-refractivity contribution is -0.0320. The van der Waals surface area contributed by atoms with Gasteiger partial charge in [-0.2, -0.15) is 0 Å². The molecule has 1 aromatic carbocycles. The van der Waals surface area contributed by atoms with Crippen LogP contribution in [-0.4, -0.2) is 51.6 Å². The lowest BCUT2D eigenvalue weighted by Crippen LogP contribution is -2.37. The smallest absolute Gasteiger partial charge is 0.191 e. The van der Waals surface area contributed by atoms with Crippen molar-refractivity contribution < 1.29 is 14.2 Å². The maximum Gasteiger partial charge on any atom is 0.191 e. The topological polar surface area (TPSA) is 64.1 Å². The van der Waals surface area contributed by atoms with Crippen molar-refractivity contribution in [2.45, 2.75) is 72.1 Å². The van der Waals surface area contributed by atoms with Crippen LogP contribution < -0.4 is 15.4 Å². The molecule has 0 amide bonds. The van der Waals surface area contributed by atoms with Gasteiger partial charge in [-0.15, -0.1) is 0 Å². The third-order valence-corrected chi connectivity index (χ3v) is 5.16. The number of nitrogens with zero attached hydrogens (tertiary/aromatic N) is 1. The predicted molar refractivity (Wildman–Crippen MR) is 123 cm³/mol. The van der Waals surface area contributed by atoms with Gasteiger partial charge in [-0.25, -0.2) is 0 Å². The fourth-order valence-corrected chi connectivity index (χ4v) is 3.62. The van der Waals surface area contributed by atoms with Gasteiger partial charge < -0.3 is 24.8 Å². The number of rotatable bonds is 11. The van der Waals surface area contributed by atoms with Gasteiger partial charge >= 0.3 is 0 Å². The molecule has 6 heteroatoms. The Morgan fingerprint density at radius 1 is 1.20 bits per heavy atom. The molecule has 1 aliphatic heterocycles. The SMILES string of the molecule is CN=C(NCCCOC1CCOCC1)NCc1ccc(C)cc1OC(C)CC(C)C. The summed E-state index contributed by atoms with van der Waals surface area (Å²) in [7, 11) is 1.80. The van der Waals surface area contributed by atoms with Crippen LogP contribution in [-0.2, 0) is 16.0 Å². The van der Waals surface area contributed by atoms with Crippen LogP contribution in [0.15, 0.2) is 23.2 Å². The van der Waals surface area contributed by atoms with Gasteiger partial charge in [0.15, 0.2) is 5.96 Å². The number of aliphatic imine (C=N–C) groups is 1. The summed E-state index contributed by atoms with van der Waals surface area (Å²) in [6, 6.07) is 6.38. The Morgan fingerprint density at radius 2 is 1.97 bits per heavy atom. The Morgan fingerprint density at radius 3 is 2.67 bits per heavy atom. The minimum absolute atomic E-state index is 0.193. The van der Waals surface area contributed by atoms with E-state index in [0.717, 1.165) is 69.3 Å². The molecule has 0 spiro atoms. The number of hydrogen-bond acceptors (Lipinski definition) is 4. The summed E-state index contributed by atoms with van der Waals surface area (Å²) in [5, 5.41) is 6.77. The van der Waals surface area contributed by atoms with Crippen LogP contribution >= 0.6 is 0 Å². The average molecular weight is 420 g/mol. The zero-order valence-electron chi connectivity index (χ0n) is 19.5. The van der Waals surface area contributed by atoms with E-state index in [0.29, 0.717) is 18.6 Å². The first-order valence-corrected chi connectivity index (χ1v) is 11.4. The van der Waals surface area contributed by atoms with Crippen LogP contribution in [0.3, 0.4) is 0 Å². The van der Waals surface area contributed by atoms with Gasteiger partial charge in [-0.3, -0.25) is 4.99 Å². The molecule has 0 bridgehead atoms. The van der Waals surface area contributed by atoms with E-state index in [1.807, 2.05) is 0 Å². The van der Waals surface area contributed by atoms with E-state index in [2.05, 4.69) is 61.5 Å². The molecule has 1 aromatic rings. The molecule has 1 heterocycles. The highest BCUT2D eigenvalue weighted by Crippen LogP contribution is 2.23. The number of ether oxygens (including phenoxy) is 3. The van der Waals surface area contributed by atoms with Crippen LogP contribution in [0.1, 0.15) is 57.6 Å². The van der Waals surface area contributed by atoms with Gasteiger partial charge in [0.05, 0.1) is 12.2 Å². The molecule has 0 radical (unpaired) electrons. The minimum atomic E-state index is 0.193. The van der Waals surface area contributed by atoms with Crippen molar-refractivity contribution >= 4 is 5.96 Å². The predicted octanol–water partition coefficient (Wildman–Crippen LogP) is 4.06. The van der Waals surface area contributed by atoms with Crippen molar-refractivity contribution in [3.63, 3.8) is 0 Å². The zero-order chi connectivity index (χ0) is 21.8. The van der Waals surface area contributed by atoms with Crippen LogP contribution in [0.2, 0.25) is 0 Å². The van der Waals surface area contributed by atoms with Crippen molar-refractivity contribution in [3.8, 4) is 5.75 Å². The molecule has 1 aliphatic rings. The van der Waals surface area contributed by atoms with Gasteiger partial charge in [0.25, 0.3) is 0 Å². The Hall–Kier alpha value is -1.79.